The SMILES string of the molecule is CCCCCCC1(CCCCCC)c2cc(C)ccc2-c2ccc(N(c3ccc(-c4ccc5c(c4)CC5)cc3)c3ccc4c(c3)C(CCCCCC)(CCCCCC)c3cc(C)ccc3-4)cc21. The van der Waals surface area contributed by atoms with Gasteiger partial charge in [0.25, 0.3) is 0 Å². The molecule has 1 nitrogen and oxygen atoms in total. The van der Waals surface area contributed by atoms with Crippen LogP contribution in [0.5, 0.6) is 0 Å². The number of anilines is 3. The Balaban J connectivity index is 1.21. The summed E-state index contributed by atoms with van der Waals surface area (Å²) in [6.07, 6.45) is 28.0. The highest BCUT2D eigenvalue weighted by Crippen LogP contribution is 2.58. The minimum Gasteiger partial charge on any atom is -0.310 e. The summed E-state index contributed by atoms with van der Waals surface area (Å²) >= 11 is 0. The number of fused-ring (bicyclic) bond motifs is 7. The second-order valence-electron chi connectivity index (χ2n) is 21.3. The molecule has 350 valence electrons. The second kappa shape index (κ2) is 21.2. The van der Waals surface area contributed by atoms with Crippen molar-refractivity contribution in [3.63, 3.8) is 0 Å². The van der Waals surface area contributed by atoms with Crippen LogP contribution in [0, 0.1) is 13.8 Å². The Kier molecular flexibility index (Phi) is 14.9. The maximum absolute atomic E-state index is 2.67. The highest BCUT2D eigenvalue weighted by atomic mass is 15.1. The Labute approximate surface area is 406 Å². The smallest absolute Gasteiger partial charge is 0.0465 e. The summed E-state index contributed by atoms with van der Waals surface area (Å²) in [6, 6.07) is 46.8. The van der Waals surface area contributed by atoms with Gasteiger partial charge in [0, 0.05) is 27.9 Å². The van der Waals surface area contributed by atoms with Gasteiger partial charge < -0.3 is 4.90 Å². The number of nitrogens with zero attached hydrogens (tertiary/aromatic N) is 1. The standard InChI is InChI=1S/C66H81N/c1-7-11-15-19-39-65(40-20-16-12-8-2)61-43-48(5)23-35-57(61)59-37-33-55(46-63(59)65)67(54-31-29-51(30-32-54)53-28-26-50-25-27-52(50)45-53)56-34-38-60-58-36-24-49(6)44-62(58)66(64(60)47-56,41-21-17-13-9-3)42-22-18-14-10-4/h23-24,26,28-38,43-47H,7-22,25,27,39-42H2,1-6H3. The van der Waals surface area contributed by atoms with E-state index in [4.69, 9.17) is 0 Å². The molecule has 0 radical (unpaired) electrons. The highest BCUT2D eigenvalue weighted by molar-refractivity contribution is 5.89. The number of hydrogen-bond acceptors (Lipinski definition) is 1. The Morgan fingerprint density at radius 1 is 0.343 bits per heavy atom. The topological polar surface area (TPSA) is 3.24 Å². The van der Waals surface area contributed by atoms with Crippen molar-refractivity contribution in [1.82, 2.24) is 0 Å². The van der Waals surface area contributed by atoms with Gasteiger partial charge in [-0.15, -0.1) is 0 Å². The van der Waals surface area contributed by atoms with E-state index in [9.17, 15) is 0 Å². The molecule has 9 rings (SSSR count). The molecule has 0 aromatic heterocycles. The van der Waals surface area contributed by atoms with E-state index in [1.54, 1.807) is 22.3 Å². The van der Waals surface area contributed by atoms with Crippen molar-refractivity contribution in [3.8, 4) is 33.4 Å². The first kappa shape index (κ1) is 47.2. The summed E-state index contributed by atoms with van der Waals surface area (Å²) < 4.78 is 0. The zero-order chi connectivity index (χ0) is 46.4. The van der Waals surface area contributed by atoms with Crippen molar-refractivity contribution in [2.45, 2.75) is 194 Å². The van der Waals surface area contributed by atoms with Crippen molar-refractivity contribution in [2.75, 3.05) is 4.90 Å². The number of rotatable bonds is 24. The lowest BCUT2D eigenvalue weighted by atomic mass is 9.70. The molecule has 67 heavy (non-hydrogen) atoms. The Bertz CT molecular complexity index is 2470. The minimum atomic E-state index is 0.0160. The summed E-state index contributed by atoms with van der Waals surface area (Å²) in [6.45, 7) is 14.0. The quantitative estimate of drug-likeness (QED) is 0.0547. The molecule has 0 fully saturated rings. The first-order valence-electron chi connectivity index (χ1n) is 27.4. The van der Waals surface area contributed by atoms with Gasteiger partial charge in [-0.3, -0.25) is 0 Å². The lowest BCUT2D eigenvalue weighted by molar-refractivity contribution is 0.401. The normalized spacial score (nSPS) is 14.5. The van der Waals surface area contributed by atoms with Crippen molar-refractivity contribution in [3.05, 3.63) is 160 Å². The van der Waals surface area contributed by atoms with Crippen LogP contribution in [-0.2, 0) is 23.7 Å². The van der Waals surface area contributed by atoms with E-state index in [1.165, 1.54) is 214 Å². The van der Waals surface area contributed by atoms with E-state index in [0.29, 0.717) is 0 Å². The second-order valence-corrected chi connectivity index (χ2v) is 21.3. The number of hydrogen-bond donors (Lipinski definition) is 0. The zero-order valence-corrected chi connectivity index (χ0v) is 42.5. The van der Waals surface area contributed by atoms with Gasteiger partial charge in [0.2, 0.25) is 0 Å². The largest absolute Gasteiger partial charge is 0.310 e. The molecule has 6 aromatic carbocycles. The van der Waals surface area contributed by atoms with Crippen LogP contribution in [-0.4, -0.2) is 0 Å². The summed E-state index contributed by atoms with van der Waals surface area (Å²) in [4.78, 5) is 2.64. The van der Waals surface area contributed by atoms with E-state index < -0.39 is 0 Å². The highest BCUT2D eigenvalue weighted by Gasteiger charge is 2.44. The van der Waals surface area contributed by atoms with Gasteiger partial charge in [-0.1, -0.05) is 220 Å². The van der Waals surface area contributed by atoms with Crippen molar-refractivity contribution in [1.29, 1.82) is 0 Å². The van der Waals surface area contributed by atoms with E-state index in [0.717, 1.165) is 0 Å². The van der Waals surface area contributed by atoms with Gasteiger partial charge in [-0.2, -0.15) is 0 Å². The van der Waals surface area contributed by atoms with E-state index in [2.05, 4.69) is 162 Å². The van der Waals surface area contributed by atoms with Gasteiger partial charge in [0.05, 0.1) is 0 Å². The average Bonchev–Trinajstić information content (AvgIpc) is 3.75. The summed E-state index contributed by atoms with van der Waals surface area (Å²) in [5.41, 5.74) is 24.4. The lowest BCUT2D eigenvalue weighted by Gasteiger charge is -2.35. The third-order valence-corrected chi connectivity index (χ3v) is 16.7. The monoisotopic (exact) mass is 888 g/mol. The van der Waals surface area contributed by atoms with Crippen LogP contribution in [0.4, 0.5) is 17.1 Å². The van der Waals surface area contributed by atoms with Crippen LogP contribution in [0.2, 0.25) is 0 Å². The molecular formula is C66H81N. The number of benzene rings is 6. The fourth-order valence-electron chi connectivity index (χ4n) is 12.8. The predicted molar refractivity (Wildman–Crippen MR) is 291 cm³/mol. The van der Waals surface area contributed by atoms with E-state index in [1.807, 2.05) is 0 Å². The fourth-order valence-corrected chi connectivity index (χ4v) is 12.8. The van der Waals surface area contributed by atoms with Crippen LogP contribution in [0.25, 0.3) is 33.4 Å². The third kappa shape index (κ3) is 9.35. The molecule has 3 aliphatic carbocycles. The zero-order valence-electron chi connectivity index (χ0n) is 42.5. The third-order valence-electron chi connectivity index (χ3n) is 16.7. The number of unbranched alkanes of at least 4 members (excludes halogenated alkanes) is 12. The molecule has 6 aromatic rings. The van der Waals surface area contributed by atoms with Crippen LogP contribution in [0.15, 0.2) is 115 Å². The Hall–Kier alpha value is -4.88. The first-order valence-corrected chi connectivity index (χ1v) is 27.4. The molecule has 0 saturated heterocycles. The molecule has 1 heteroatoms. The van der Waals surface area contributed by atoms with Crippen molar-refractivity contribution >= 4 is 17.1 Å². The molecule has 0 spiro atoms. The van der Waals surface area contributed by atoms with E-state index in [-0.39, 0.29) is 10.8 Å². The van der Waals surface area contributed by atoms with Gasteiger partial charge in [-0.05, 0) is 156 Å². The molecule has 0 heterocycles. The molecule has 0 aliphatic heterocycles. The Morgan fingerprint density at radius 2 is 0.716 bits per heavy atom. The first-order chi connectivity index (χ1) is 32.8. The van der Waals surface area contributed by atoms with Crippen LogP contribution < -0.4 is 4.90 Å². The van der Waals surface area contributed by atoms with Crippen LogP contribution in [0.1, 0.15) is 201 Å². The Morgan fingerprint density at radius 3 is 1.10 bits per heavy atom. The molecule has 0 N–H and O–H groups in total. The number of aryl methyl sites for hydroxylation is 4. The van der Waals surface area contributed by atoms with Gasteiger partial charge in [0.15, 0.2) is 0 Å². The molecule has 0 atom stereocenters. The molecule has 0 amide bonds. The van der Waals surface area contributed by atoms with Gasteiger partial charge >= 0.3 is 0 Å². The summed E-state index contributed by atoms with van der Waals surface area (Å²) in [7, 11) is 0. The van der Waals surface area contributed by atoms with Crippen molar-refractivity contribution in [2.24, 2.45) is 0 Å². The average molecular weight is 888 g/mol. The fraction of sp³-hybridized carbons (Fsp3) is 0.455. The predicted octanol–water partition coefficient (Wildman–Crippen LogP) is 20.0. The van der Waals surface area contributed by atoms with Crippen LogP contribution in [0.3, 0.4) is 0 Å². The summed E-state index contributed by atoms with van der Waals surface area (Å²) in [5, 5.41) is 0. The minimum absolute atomic E-state index is 0.0160. The molecule has 0 bridgehead atoms. The molecule has 0 unspecified atom stereocenters. The molecular weight excluding hydrogens is 807 g/mol. The maximum Gasteiger partial charge on any atom is 0.0465 e. The lowest BCUT2D eigenvalue weighted by Crippen LogP contribution is -2.26. The maximum atomic E-state index is 2.67. The van der Waals surface area contributed by atoms with E-state index >= 15 is 0 Å². The van der Waals surface area contributed by atoms with Gasteiger partial charge in [0.1, 0.15) is 0 Å². The molecule has 0 saturated carbocycles. The van der Waals surface area contributed by atoms with Gasteiger partial charge in [-0.25, -0.2) is 0 Å². The molecule has 3 aliphatic rings. The van der Waals surface area contributed by atoms with Crippen LogP contribution >= 0.6 is 0 Å². The summed E-state index contributed by atoms with van der Waals surface area (Å²) in [5.74, 6) is 0. The van der Waals surface area contributed by atoms with Crippen molar-refractivity contribution < 1.29 is 0 Å².